The molecule has 3 heteroatoms. The zero-order chi connectivity index (χ0) is 13.3. The number of hydrogen-bond donors (Lipinski definition) is 2. The number of carbonyl (C=O) groups is 1. The summed E-state index contributed by atoms with van der Waals surface area (Å²) in [6, 6.07) is 0.0141. The summed E-state index contributed by atoms with van der Waals surface area (Å²) in [5, 5.41) is 3.03. The molecule has 1 unspecified atom stereocenters. The van der Waals surface area contributed by atoms with Crippen LogP contribution in [-0.4, -0.2) is 18.5 Å². The summed E-state index contributed by atoms with van der Waals surface area (Å²) in [6.07, 6.45) is 2.42. The topological polar surface area (TPSA) is 55.1 Å². The highest BCUT2D eigenvalue weighted by atomic mass is 16.1. The summed E-state index contributed by atoms with van der Waals surface area (Å²) in [5.74, 6) is 0.686. The molecule has 1 aliphatic carbocycles. The molecule has 0 aliphatic heterocycles. The van der Waals surface area contributed by atoms with Gasteiger partial charge in [0.15, 0.2) is 0 Å². The van der Waals surface area contributed by atoms with E-state index in [1.165, 1.54) is 0 Å². The fourth-order valence-electron chi connectivity index (χ4n) is 2.84. The smallest absolute Gasteiger partial charge is 0.221 e. The maximum Gasteiger partial charge on any atom is 0.221 e. The largest absolute Gasteiger partial charge is 0.356 e. The number of amides is 1. The van der Waals surface area contributed by atoms with Gasteiger partial charge in [-0.15, -0.1) is 0 Å². The molecule has 0 saturated heterocycles. The number of hydrogen-bond acceptors (Lipinski definition) is 2. The maximum absolute atomic E-state index is 11.7. The van der Waals surface area contributed by atoms with Crippen LogP contribution in [0.1, 0.15) is 53.9 Å². The number of nitrogens with one attached hydrogen (secondary N) is 1. The maximum atomic E-state index is 11.7. The quantitative estimate of drug-likeness (QED) is 0.748. The van der Waals surface area contributed by atoms with Gasteiger partial charge in [-0.2, -0.15) is 0 Å². The van der Waals surface area contributed by atoms with Crippen LogP contribution in [0.25, 0.3) is 0 Å². The molecule has 0 aromatic rings. The monoisotopic (exact) mass is 240 g/mol. The van der Waals surface area contributed by atoms with Crippen molar-refractivity contribution in [2.45, 2.75) is 59.9 Å². The number of nitrogens with two attached hydrogens (primary N) is 1. The van der Waals surface area contributed by atoms with Crippen molar-refractivity contribution in [1.82, 2.24) is 5.32 Å². The predicted molar refractivity (Wildman–Crippen MR) is 71.6 cm³/mol. The van der Waals surface area contributed by atoms with Crippen LogP contribution >= 0.6 is 0 Å². The molecule has 3 N–H and O–H groups in total. The lowest BCUT2D eigenvalue weighted by Gasteiger charge is -2.11. The van der Waals surface area contributed by atoms with Crippen LogP contribution in [0.4, 0.5) is 0 Å². The first-order valence-electron chi connectivity index (χ1n) is 6.75. The van der Waals surface area contributed by atoms with Gasteiger partial charge in [-0.3, -0.25) is 4.79 Å². The van der Waals surface area contributed by atoms with Gasteiger partial charge in [0.25, 0.3) is 0 Å². The van der Waals surface area contributed by atoms with Crippen molar-refractivity contribution >= 4 is 5.91 Å². The molecular weight excluding hydrogens is 212 g/mol. The average Bonchev–Trinajstić information content (AvgIpc) is 2.55. The van der Waals surface area contributed by atoms with Crippen molar-refractivity contribution in [2.24, 2.45) is 22.5 Å². The summed E-state index contributed by atoms with van der Waals surface area (Å²) in [6.45, 7) is 12.0. The van der Waals surface area contributed by atoms with Crippen molar-refractivity contribution in [1.29, 1.82) is 0 Å². The van der Waals surface area contributed by atoms with Crippen molar-refractivity contribution in [2.75, 3.05) is 6.54 Å². The lowest BCUT2D eigenvalue weighted by molar-refractivity contribution is -0.121. The van der Waals surface area contributed by atoms with E-state index in [1.807, 2.05) is 0 Å². The van der Waals surface area contributed by atoms with E-state index >= 15 is 0 Å². The summed E-state index contributed by atoms with van der Waals surface area (Å²) in [4.78, 5) is 11.7. The molecule has 100 valence electrons. The van der Waals surface area contributed by atoms with Crippen LogP contribution in [0, 0.1) is 16.7 Å². The van der Waals surface area contributed by atoms with Gasteiger partial charge in [0.2, 0.25) is 5.91 Å². The van der Waals surface area contributed by atoms with Crippen molar-refractivity contribution in [3.8, 4) is 0 Å². The van der Waals surface area contributed by atoms with E-state index in [0.717, 1.165) is 19.4 Å². The summed E-state index contributed by atoms with van der Waals surface area (Å²) in [7, 11) is 0. The van der Waals surface area contributed by atoms with Gasteiger partial charge in [-0.05, 0) is 23.2 Å². The molecule has 1 rings (SSSR count). The van der Waals surface area contributed by atoms with E-state index in [9.17, 15) is 4.79 Å². The Morgan fingerprint density at radius 2 is 1.82 bits per heavy atom. The molecule has 0 bridgehead atoms. The van der Waals surface area contributed by atoms with Crippen LogP contribution in [0.2, 0.25) is 0 Å². The van der Waals surface area contributed by atoms with Crippen LogP contribution in [0.3, 0.4) is 0 Å². The molecule has 0 heterocycles. The first-order chi connectivity index (χ1) is 7.73. The van der Waals surface area contributed by atoms with Crippen molar-refractivity contribution in [3.05, 3.63) is 0 Å². The van der Waals surface area contributed by atoms with E-state index in [2.05, 4.69) is 39.9 Å². The Morgan fingerprint density at radius 3 is 2.24 bits per heavy atom. The lowest BCUT2D eigenvalue weighted by atomic mass is 10.0. The average molecular weight is 240 g/mol. The Bertz CT molecular complexity index is 270. The minimum absolute atomic E-state index is 0.0141. The van der Waals surface area contributed by atoms with Gasteiger partial charge in [0, 0.05) is 19.0 Å². The predicted octanol–water partition coefficient (Wildman–Crippen LogP) is 2.30. The molecule has 3 nitrogen and oxygen atoms in total. The Morgan fingerprint density at radius 1 is 1.29 bits per heavy atom. The van der Waals surface area contributed by atoms with E-state index in [4.69, 9.17) is 5.73 Å². The molecule has 1 fully saturated rings. The van der Waals surface area contributed by atoms with Crippen molar-refractivity contribution < 1.29 is 4.79 Å². The van der Waals surface area contributed by atoms with Gasteiger partial charge >= 0.3 is 0 Å². The molecule has 1 saturated carbocycles. The van der Waals surface area contributed by atoms with Gasteiger partial charge in [0.05, 0.1) is 0 Å². The fraction of sp³-hybridized carbons (Fsp3) is 0.929. The highest BCUT2D eigenvalue weighted by molar-refractivity contribution is 5.76. The highest BCUT2D eigenvalue weighted by Gasteiger charge is 2.64. The molecule has 17 heavy (non-hydrogen) atoms. The Kier molecular flexibility index (Phi) is 4.23. The third kappa shape index (κ3) is 3.01. The number of rotatable bonds is 6. The Hall–Kier alpha value is -0.570. The second-order valence-corrected chi connectivity index (χ2v) is 6.55. The zero-order valence-electron chi connectivity index (χ0n) is 12.0. The van der Waals surface area contributed by atoms with E-state index in [1.54, 1.807) is 0 Å². The van der Waals surface area contributed by atoms with E-state index in [-0.39, 0.29) is 11.9 Å². The van der Waals surface area contributed by atoms with E-state index in [0.29, 0.717) is 23.2 Å². The van der Waals surface area contributed by atoms with Crippen molar-refractivity contribution in [3.63, 3.8) is 0 Å². The lowest BCUT2D eigenvalue weighted by Crippen LogP contribution is -2.33. The van der Waals surface area contributed by atoms with Crippen LogP contribution < -0.4 is 11.1 Å². The minimum atomic E-state index is 0.0141. The summed E-state index contributed by atoms with van der Waals surface area (Å²) >= 11 is 0. The molecule has 1 atom stereocenters. The first-order valence-corrected chi connectivity index (χ1v) is 6.75. The molecule has 0 aromatic carbocycles. The molecule has 0 spiro atoms. The fourth-order valence-corrected chi connectivity index (χ4v) is 2.84. The Labute approximate surface area is 106 Å². The van der Waals surface area contributed by atoms with E-state index < -0.39 is 0 Å². The molecule has 0 aromatic heterocycles. The summed E-state index contributed by atoms with van der Waals surface area (Å²) in [5.41, 5.74) is 6.53. The van der Waals surface area contributed by atoms with Gasteiger partial charge in [0.1, 0.15) is 0 Å². The Balaban J connectivity index is 2.27. The number of carbonyl (C=O) groups excluding carboxylic acids is 1. The second-order valence-electron chi connectivity index (χ2n) is 6.55. The third-order valence-corrected chi connectivity index (χ3v) is 4.93. The van der Waals surface area contributed by atoms with Crippen LogP contribution in [0.5, 0.6) is 0 Å². The minimum Gasteiger partial charge on any atom is -0.356 e. The summed E-state index contributed by atoms with van der Waals surface area (Å²) < 4.78 is 0. The standard InChI is InChI=1S/C14H28N2O/c1-6-7-10(15)8-12(17)16-9-11-13(2,3)14(11,4)5/h10-11H,6-9,15H2,1-5H3,(H,16,17). The second kappa shape index (κ2) is 4.97. The zero-order valence-corrected chi connectivity index (χ0v) is 12.0. The third-order valence-electron chi connectivity index (χ3n) is 4.93. The molecular formula is C14H28N2O. The van der Waals surface area contributed by atoms with Gasteiger partial charge in [-0.25, -0.2) is 0 Å². The van der Waals surface area contributed by atoms with Crippen LogP contribution in [0.15, 0.2) is 0 Å². The highest BCUT2D eigenvalue weighted by Crippen LogP contribution is 2.67. The van der Waals surface area contributed by atoms with Crippen LogP contribution in [-0.2, 0) is 4.79 Å². The molecule has 0 radical (unpaired) electrons. The SMILES string of the molecule is CCCC(N)CC(=O)NCC1C(C)(C)C1(C)C. The molecule has 1 amide bonds. The first kappa shape index (κ1) is 14.5. The normalized spacial score (nSPS) is 23.2. The van der Waals surface area contributed by atoms with Gasteiger partial charge < -0.3 is 11.1 Å². The molecule has 1 aliphatic rings. The van der Waals surface area contributed by atoms with Gasteiger partial charge in [-0.1, -0.05) is 41.0 Å².